The first-order valence-corrected chi connectivity index (χ1v) is 8.07. The van der Waals surface area contributed by atoms with Crippen molar-refractivity contribution < 1.29 is 13.5 Å². The Morgan fingerprint density at radius 1 is 1.29 bits per heavy atom. The third kappa shape index (κ3) is 3.37. The van der Waals surface area contributed by atoms with E-state index in [9.17, 15) is 9.18 Å². The summed E-state index contributed by atoms with van der Waals surface area (Å²) in [6, 6.07) is 10.3. The number of aromatic nitrogens is 1. The minimum absolute atomic E-state index is 0.212. The molecule has 0 spiro atoms. The molecule has 7 heteroatoms. The second-order valence-electron chi connectivity index (χ2n) is 5.53. The minimum Gasteiger partial charge on any atom is -0.494 e. The van der Waals surface area contributed by atoms with Crippen molar-refractivity contribution in [2.45, 2.75) is 13.2 Å². The number of rotatable bonds is 5. The molecule has 0 amide bonds. The lowest BCUT2D eigenvalue weighted by Crippen LogP contribution is -2.27. The lowest BCUT2D eigenvalue weighted by Gasteiger charge is -2.17. The number of fused-ring (bicyclic) bond motifs is 1. The Bertz CT molecular complexity index is 935. The largest absolute Gasteiger partial charge is 0.494 e. The zero-order valence-electron chi connectivity index (χ0n) is 13.3. The molecule has 0 aliphatic rings. The van der Waals surface area contributed by atoms with E-state index in [-0.39, 0.29) is 5.75 Å². The minimum atomic E-state index is -0.420. The number of hydrogen-bond acceptors (Lipinski definition) is 4. The summed E-state index contributed by atoms with van der Waals surface area (Å²) < 4.78 is 26.3. The summed E-state index contributed by atoms with van der Waals surface area (Å²) in [4.78, 5) is 14.0. The number of hydrogen-bond donors (Lipinski definition) is 0. The summed E-state index contributed by atoms with van der Waals surface area (Å²) in [5.74, 6) is -0.612. The Hall–Kier alpha value is -2.12. The Labute approximate surface area is 146 Å². The maximum Gasteiger partial charge on any atom is 0.421 e. The van der Waals surface area contributed by atoms with Crippen LogP contribution in [0.15, 0.2) is 50.1 Å². The van der Waals surface area contributed by atoms with Gasteiger partial charge in [-0.1, -0.05) is 22.0 Å². The van der Waals surface area contributed by atoms with Crippen LogP contribution in [0.3, 0.4) is 0 Å². The van der Waals surface area contributed by atoms with E-state index < -0.39 is 11.6 Å². The average molecular weight is 395 g/mol. The second-order valence-corrected chi connectivity index (χ2v) is 6.45. The average Bonchev–Trinajstić information content (AvgIpc) is 2.82. The molecule has 1 heterocycles. The highest BCUT2D eigenvalue weighted by Gasteiger charge is 2.12. The summed E-state index contributed by atoms with van der Waals surface area (Å²) in [5.41, 5.74) is 2.04. The molecule has 0 fully saturated rings. The molecule has 0 bridgehead atoms. The normalized spacial score (nSPS) is 11.4. The molecule has 3 rings (SSSR count). The van der Waals surface area contributed by atoms with Crippen molar-refractivity contribution in [1.29, 1.82) is 0 Å². The standard InChI is InChI=1S/C17H16BrFN2O3/c1-20(9-11-3-6-15(23-2)13(19)7-11)10-21-14-5-4-12(18)8-16(14)24-17(21)22/h3-8H,9-10H2,1-2H3. The van der Waals surface area contributed by atoms with Crippen molar-refractivity contribution >= 4 is 27.0 Å². The van der Waals surface area contributed by atoms with Crippen LogP contribution in [-0.4, -0.2) is 23.6 Å². The maximum atomic E-state index is 13.8. The van der Waals surface area contributed by atoms with Gasteiger partial charge in [-0.15, -0.1) is 0 Å². The molecule has 0 saturated heterocycles. The van der Waals surface area contributed by atoms with E-state index in [1.807, 2.05) is 24.1 Å². The Balaban J connectivity index is 1.80. The first-order valence-electron chi connectivity index (χ1n) is 7.28. The van der Waals surface area contributed by atoms with Gasteiger partial charge < -0.3 is 9.15 Å². The van der Waals surface area contributed by atoms with Crippen molar-refractivity contribution in [2.75, 3.05) is 14.2 Å². The molecule has 0 saturated carbocycles. The summed E-state index contributed by atoms with van der Waals surface area (Å²) in [6.07, 6.45) is 0. The van der Waals surface area contributed by atoms with Crippen LogP contribution in [0.1, 0.15) is 5.56 Å². The fourth-order valence-corrected chi connectivity index (χ4v) is 2.93. The van der Waals surface area contributed by atoms with Crippen LogP contribution >= 0.6 is 15.9 Å². The zero-order chi connectivity index (χ0) is 17.3. The van der Waals surface area contributed by atoms with Crippen LogP contribution in [0.4, 0.5) is 4.39 Å². The van der Waals surface area contributed by atoms with Crippen molar-refractivity contribution in [1.82, 2.24) is 9.47 Å². The highest BCUT2D eigenvalue weighted by molar-refractivity contribution is 9.10. The molecule has 0 atom stereocenters. The van der Waals surface area contributed by atoms with Gasteiger partial charge >= 0.3 is 5.76 Å². The number of oxazole rings is 1. The van der Waals surface area contributed by atoms with Gasteiger partial charge in [-0.2, -0.15) is 0 Å². The summed E-state index contributed by atoms with van der Waals surface area (Å²) in [5, 5.41) is 0. The van der Waals surface area contributed by atoms with Gasteiger partial charge in [0.15, 0.2) is 17.1 Å². The van der Waals surface area contributed by atoms with Gasteiger partial charge in [0.05, 0.1) is 19.3 Å². The van der Waals surface area contributed by atoms with Crippen LogP contribution in [0, 0.1) is 5.82 Å². The van der Waals surface area contributed by atoms with E-state index in [2.05, 4.69) is 15.9 Å². The van der Waals surface area contributed by atoms with Gasteiger partial charge in [0, 0.05) is 11.0 Å². The Kier molecular flexibility index (Phi) is 4.73. The quantitative estimate of drug-likeness (QED) is 0.663. The highest BCUT2D eigenvalue weighted by Crippen LogP contribution is 2.20. The molecule has 126 valence electrons. The van der Waals surface area contributed by atoms with E-state index >= 15 is 0 Å². The maximum absolute atomic E-state index is 13.8. The molecule has 0 unspecified atom stereocenters. The van der Waals surface area contributed by atoms with Gasteiger partial charge in [-0.05, 0) is 42.9 Å². The van der Waals surface area contributed by atoms with Gasteiger partial charge in [-0.25, -0.2) is 9.18 Å². The molecular weight excluding hydrogens is 379 g/mol. The van der Waals surface area contributed by atoms with Crippen molar-refractivity contribution in [3.05, 3.63) is 62.8 Å². The molecule has 0 aliphatic heterocycles. The summed E-state index contributed by atoms with van der Waals surface area (Å²) in [6.45, 7) is 0.817. The molecule has 24 heavy (non-hydrogen) atoms. The lowest BCUT2D eigenvalue weighted by molar-refractivity contribution is 0.253. The van der Waals surface area contributed by atoms with Gasteiger partial charge in [0.2, 0.25) is 0 Å². The highest BCUT2D eigenvalue weighted by atomic mass is 79.9. The molecule has 0 aliphatic carbocycles. The number of ether oxygens (including phenoxy) is 1. The fraction of sp³-hybridized carbons (Fsp3) is 0.235. The second kappa shape index (κ2) is 6.78. The third-order valence-electron chi connectivity index (χ3n) is 3.68. The van der Waals surface area contributed by atoms with Crippen molar-refractivity contribution in [3.8, 4) is 5.75 Å². The van der Waals surface area contributed by atoms with Gasteiger partial charge in [0.1, 0.15) is 0 Å². The fourth-order valence-electron chi connectivity index (χ4n) is 2.59. The van der Waals surface area contributed by atoms with Crippen LogP contribution < -0.4 is 10.5 Å². The van der Waals surface area contributed by atoms with Gasteiger partial charge in [0.25, 0.3) is 0 Å². The van der Waals surface area contributed by atoms with Gasteiger partial charge in [-0.3, -0.25) is 9.47 Å². The molecule has 0 N–H and O–H groups in total. The smallest absolute Gasteiger partial charge is 0.421 e. The lowest BCUT2D eigenvalue weighted by atomic mass is 10.2. The third-order valence-corrected chi connectivity index (χ3v) is 4.18. The molecular formula is C17H16BrFN2O3. The monoisotopic (exact) mass is 394 g/mol. The van der Waals surface area contributed by atoms with E-state index in [0.29, 0.717) is 18.8 Å². The first kappa shape index (κ1) is 16.7. The summed E-state index contributed by atoms with van der Waals surface area (Å²) in [7, 11) is 3.28. The van der Waals surface area contributed by atoms with Crippen LogP contribution in [-0.2, 0) is 13.2 Å². The Morgan fingerprint density at radius 3 is 2.79 bits per heavy atom. The number of nitrogens with zero attached hydrogens (tertiary/aromatic N) is 2. The molecule has 1 aromatic heterocycles. The zero-order valence-corrected chi connectivity index (χ0v) is 14.8. The predicted octanol–water partition coefficient (Wildman–Crippen LogP) is 3.59. The Morgan fingerprint density at radius 2 is 2.08 bits per heavy atom. The first-order chi connectivity index (χ1) is 11.5. The topological polar surface area (TPSA) is 47.6 Å². The SMILES string of the molecule is COc1ccc(CN(C)Cn2c(=O)oc3cc(Br)ccc32)cc1F. The van der Waals surface area contributed by atoms with Crippen LogP contribution in [0.2, 0.25) is 0 Å². The van der Waals surface area contributed by atoms with E-state index in [0.717, 1.165) is 15.6 Å². The molecule has 5 nitrogen and oxygen atoms in total. The predicted molar refractivity (Wildman–Crippen MR) is 92.6 cm³/mol. The summed E-state index contributed by atoms with van der Waals surface area (Å²) >= 11 is 3.35. The van der Waals surface area contributed by atoms with Crippen LogP contribution in [0.5, 0.6) is 5.75 Å². The molecule has 2 aromatic carbocycles. The van der Waals surface area contributed by atoms with Crippen molar-refractivity contribution in [3.63, 3.8) is 0 Å². The number of methoxy groups -OCH3 is 1. The van der Waals surface area contributed by atoms with Crippen LogP contribution in [0.25, 0.3) is 11.1 Å². The van der Waals surface area contributed by atoms with E-state index in [1.54, 1.807) is 22.8 Å². The van der Waals surface area contributed by atoms with Crippen molar-refractivity contribution in [2.24, 2.45) is 0 Å². The van der Waals surface area contributed by atoms with E-state index in [1.165, 1.54) is 13.2 Å². The number of halogens is 2. The number of benzene rings is 2. The molecule has 3 aromatic rings. The van der Waals surface area contributed by atoms with E-state index in [4.69, 9.17) is 9.15 Å². The molecule has 0 radical (unpaired) electrons.